The number of hydrogen-bond donors (Lipinski definition) is 2. The second kappa shape index (κ2) is 7.49. The van der Waals surface area contributed by atoms with Crippen LogP contribution in [0.1, 0.15) is 71.6 Å². The highest BCUT2D eigenvalue weighted by molar-refractivity contribution is 7.99. The van der Waals surface area contributed by atoms with E-state index in [2.05, 4.69) is 13.8 Å². The lowest BCUT2D eigenvalue weighted by Crippen LogP contribution is -2.57. The fourth-order valence-electron chi connectivity index (χ4n) is 8.32. The molecular formula is C26H37FO2S. The fourth-order valence-corrected chi connectivity index (χ4v) is 9.52. The van der Waals surface area contributed by atoms with Gasteiger partial charge in [0, 0.05) is 16.1 Å². The highest BCUT2D eigenvalue weighted by Gasteiger charge is 2.64. The normalized spacial score (nSPS) is 48.0. The van der Waals surface area contributed by atoms with Crippen LogP contribution >= 0.6 is 11.8 Å². The molecule has 4 aliphatic rings. The van der Waals surface area contributed by atoms with Gasteiger partial charge in [-0.3, -0.25) is 0 Å². The van der Waals surface area contributed by atoms with E-state index in [1.807, 2.05) is 12.1 Å². The molecule has 5 rings (SSSR count). The summed E-state index contributed by atoms with van der Waals surface area (Å²) in [5.41, 5.74) is -0.270. The van der Waals surface area contributed by atoms with Crippen molar-refractivity contribution in [3.05, 3.63) is 30.1 Å². The van der Waals surface area contributed by atoms with E-state index in [1.54, 1.807) is 11.8 Å². The minimum Gasteiger partial charge on any atom is -0.393 e. The maximum absolute atomic E-state index is 13.2. The Bertz CT molecular complexity index is 784. The summed E-state index contributed by atoms with van der Waals surface area (Å²) in [5.74, 6) is 3.28. The number of aliphatic hydroxyl groups excluding tert-OH is 1. The molecule has 4 heteroatoms. The molecule has 166 valence electrons. The maximum atomic E-state index is 13.2. The molecule has 2 N–H and O–H groups in total. The molecule has 0 radical (unpaired) electrons. The van der Waals surface area contributed by atoms with Crippen LogP contribution in [0, 0.1) is 40.3 Å². The average Bonchev–Trinajstić information content (AvgIpc) is 2.99. The summed E-state index contributed by atoms with van der Waals surface area (Å²) in [6, 6.07) is 6.68. The molecule has 30 heavy (non-hydrogen) atoms. The summed E-state index contributed by atoms with van der Waals surface area (Å²) in [4.78, 5) is 1.04. The van der Waals surface area contributed by atoms with E-state index in [1.165, 1.54) is 37.8 Å². The third kappa shape index (κ3) is 3.19. The molecule has 0 unspecified atom stereocenters. The molecule has 0 bridgehead atoms. The molecule has 4 aliphatic carbocycles. The summed E-state index contributed by atoms with van der Waals surface area (Å²) < 4.78 is 13.2. The van der Waals surface area contributed by atoms with Crippen molar-refractivity contribution >= 4 is 11.8 Å². The molecule has 2 nitrogen and oxygen atoms in total. The topological polar surface area (TPSA) is 40.5 Å². The van der Waals surface area contributed by atoms with E-state index in [-0.39, 0.29) is 17.3 Å². The SMILES string of the molecule is C[C@]12CC[C@@H](O)C[C@H]1CC[C@@H]1[C@@H]2CC[C@@]2(C)[C@H]1CC[C@]2(O)CSc1ccc(F)cc1. The maximum Gasteiger partial charge on any atom is 0.123 e. The minimum absolute atomic E-state index is 0.0153. The number of rotatable bonds is 3. The van der Waals surface area contributed by atoms with E-state index < -0.39 is 5.60 Å². The number of halogens is 1. The highest BCUT2D eigenvalue weighted by atomic mass is 32.2. The number of hydrogen-bond acceptors (Lipinski definition) is 3. The molecule has 0 aromatic heterocycles. The van der Waals surface area contributed by atoms with E-state index >= 15 is 0 Å². The van der Waals surface area contributed by atoms with Crippen LogP contribution in [-0.2, 0) is 0 Å². The Balaban J connectivity index is 1.34. The van der Waals surface area contributed by atoms with Crippen molar-refractivity contribution in [2.45, 2.75) is 88.2 Å². The number of benzene rings is 1. The molecule has 8 atom stereocenters. The van der Waals surface area contributed by atoms with Crippen LogP contribution < -0.4 is 0 Å². The lowest BCUT2D eigenvalue weighted by molar-refractivity contribution is -0.152. The number of thioether (sulfide) groups is 1. The van der Waals surface area contributed by atoms with Gasteiger partial charge in [-0.25, -0.2) is 4.39 Å². The van der Waals surface area contributed by atoms with Gasteiger partial charge in [0.15, 0.2) is 0 Å². The molecule has 0 aliphatic heterocycles. The standard InChI is InChI=1S/C26H37FO2S/c1-24-12-9-19(28)15-17(24)3-8-21-22(24)10-13-25(2)23(21)11-14-26(25,29)16-30-20-6-4-18(27)5-7-20/h4-7,17,19,21-23,28-29H,3,8-16H2,1-2H3/t17-,19-,21-,22+,23+,24+,25+,26+/m1/s1. The molecule has 0 spiro atoms. The van der Waals surface area contributed by atoms with Crippen LogP contribution in [0.5, 0.6) is 0 Å². The largest absolute Gasteiger partial charge is 0.393 e. The molecule has 0 amide bonds. The van der Waals surface area contributed by atoms with E-state index in [4.69, 9.17) is 0 Å². The third-order valence-electron chi connectivity index (χ3n) is 10.3. The number of fused-ring (bicyclic) bond motifs is 5. The molecule has 0 saturated heterocycles. The zero-order valence-corrected chi connectivity index (χ0v) is 19.3. The monoisotopic (exact) mass is 432 g/mol. The zero-order valence-electron chi connectivity index (χ0n) is 18.4. The van der Waals surface area contributed by atoms with Gasteiger partial charge in [-0.2, -0.15) is 0 Å². The molecule has 4 saturated carbocycles. The van der Waals surface area contributed by atoms with Crippen molar-refractivity contribution in [3.63, 3.8) is 0 Å². The van der Waals surface area contributed by atoms with Crippen molar-refractivity contribution < 1.29 is 14.6 Å². The minimum atomic E-state index is -0.637. The Kier molecular flexibility index (Phi) is 5.31. The second-order valence-electron chi connectivity index (χ2n) is 11.4. The Morgan fingerprint density at radius 2 is 1.70 bits per heavy atom. The van der Waals surface area contributed by atoms with Gasteiger partial charge in [0.05, 0.1) is 11.7 Å². The van der Waals surface area contributed by atoms with Gasteiger partial charge in [-0.15, -0.1) is 11.8 Å². The molecule has 0 heterocycles. The average molecular weight is 433 g/mol. The van der Waals surface area contributed by atoms with Crippen LogP contribution in [0.3, 0.4) is 0 Å². The first-order valence-electron chi connectivity index (χ1n) is 12.0. The first kappa shape index (κ1) is 21.3. The predicted molar refractivity (Wildman–Crippen MR) is 120 cm³/mol. The van der Waals surface area contributed by atoms with Gasteiger partial charge in [0.2, 0.25) is 0 Å². The Morgan fingerprint density at radius 1 is 0.967 bits per heavy atom. The highest BCUT2D eigenvalue weighted by Crippen LogP contribution is 2.68. The van der Waals surface area contributed by atoms with E-state index in [0.717, 1.165) is 48.8 Å². The summed E-state index contributed by atoms with van der Waals surface area (Å²) in [6.45, 7) is 4.89. The van der Waals surface area contributed by atoms with Gasteiger partial charge in [0.1, 0.15) is 5.82 Å². The quantitative estimate of drug-likeness (QED) is 0.571. The van der Waals surface area contributed by atoms with Crippen LogP contribution in [0.2, 0.25) is 0 Å². The van der Waals surface area contributed by atoms with E-state index in [9.17, 15) is 14.6 Å². The number of aliphatic hydroxyl groups is 2. The zero-order chi connectivity index (χ0) is 21.1. The lowest BCUT2D eigenvalue weighted by atomic mass is 9.44. The van der Waals surface area contributed by atoms with Gasteiger partial charge in [-0.1, -0.05) is 13.8 Å². The Morgan fingerprint density at radius 3 is 2.47 bits per heavy atom. The first-order chi connectivity index (χ1) is 14.3. The Labute approximate surface area is 185 Å². The van der Waals surface area contributed by atoms with Crippen LogP contribution in [0.15, 0.2) is 29.2 Å². The fraction of sp³-hybridized carbons (Fsp3) is 0.769. The second-order valence-corrected chi connectivity index (χ2v) is 12.4. The van der Waals surface area contributed by atoms with Gasteiger partial charge in [0.25, 0.3) is 0 Å². The van der Waals surface area contributed by atoms with E-state index in [0.29, 0.717) is 23.0 Å². The summed E-state index contributed by atoms with van der Waals surface area (Å²) in [5, 5.41) is 22.1. The van der Waals surface area contributed by atoms with Crippen molar-refractivity contribution in [2.24, 2.45) is 34.5 Å². The van der Waals surface area contributed by atoms with Gasteiger partial charge >= 0.3 is 0 Å². The summed E-state index contributed by atoms with van der Waals surface area (Å²) in [7, 11) is 0. The van der Waals surface area contributed by atoms with Crippen molar-refractivity contribution in [1.82, 2.24) is 0 Å². The smallest absolute Gasteiger partial charge is 0.123 e. The lowest BCUT2D eigenvalue weighted by Gasteiger charge is -2.61. The molecule has 1 aromatic rings. The summed E-state index contributed by atoms with van der Waals surface area (Å²) >= 11 is 1.68. The van der Waals surface area contributed by atoms with Crippen LogP contribution in [0.25, 0.3) is 0 Å². The first-order valence-corrected chi connectivity index (χ1v) is 13.0. The van der Waals surface area contributed by atoms with Gasteiger partial charge in [-0.05, 0) is 111 Å². The van der Waals surface area contributed by atoms with Gasteiger partial charge < -0.3 is 10.2 Å². The van der Waals surface area contributed by atoms with Crippen molar-refractivity contribution in [2.75, 3.05) is 5.75 Å². The third-order valence-corrected chi connectivity index (χ3v) is 11.5. The predicted octanol–water partition coefficient (Wildman–Crippen LogP) is 6.05. The molecular weight excluding hydrogens is 395 g/mol. The van der Waals surface area contributed by atoms with Crippen LogP contribution in [-0.4, -0.2) is 27.7 Å². The van der Waals surface area contributed by atoms with Crippen molar-refractivity contribution in [3.8, 4) is 0 Å². The Hall–Kier alpha value is -0.580. The summed E-state index contributed by atoms with van der Waals surface area (Å²) in [6.07, 6.45) is 9.96. The van der Waals surface area contributed by atoms with Crippen molar-refractivity contribution in [1.29, 1.82) is 0 Å². The molecule has 1 aromatic carbocycles. The molecule has 4 fully saturated rings. The van der Waals surface area contributed by atoms with Crippen LogP contribution in [0.4, 0.5) is 4.39 Å².